The Labute approximate surface area is 182 Å². The van der Waals surface area contributed by atoms with Gasteiger partial charge in [-0.25, -0.2) is 4.68 Å². The van der Waals surface area contributed by atoms with Crippen molar-refractivity contribution in [3.63, 3.8) is 0 Å². The minimum Gasteiger partial charge on any atom is -0.298 e. The molecule has 1 amide bonds. The van der Waals surface area contributed by atoms with E-state index in [9.17, 15) is 14.9 Å². The highest BCUT2D eigenvalue weighted by molar-refractivity contribution is 7.98. The molecule has 2 N–H and O–H groups in total. The first-order chi connectivity index (χ1) is 14.4. The third kappa shape index (κ3) is 4.99. The van der Waals surface area contributed by atoms with Gasteiger partial charge in [-0.2, -0.15) is 0 Å². The number of aryl methyl sites for hydroxylation is 1. The first-order valence-corrected chi connectivity index (χ1v) is 10.2. The Balaban J connectivity index is 1.68. The Morgan fingerprint density at radius 1 is 1.17 bits per heavy atom. The van der Waals surface area contributed by atoms with Crippen molar-refractivity contribution in [2.75, 3.05) is 5.43 Å². The van der Waals surface area contributed by atoms with E-state index in [-0.39, 0.29) is 21.9 Å². The van der Waals surface area contributed by atoms with Gasteiger partial charge in [0.25, 0.3) is 11.6 Å². The average Bonchev–Trinajstić information content (AvgIpc) is 3.06. The van der Waals surface area contributed by atoms with Gasteiger partial charge < -0.3 is 0 Å². The highest BCUT2D eigenvalue weighted by atomic mass is 32.2. The molecule has 9 nitrogen and oxygen atoms in total. The summed E-state index contributed by atoms with van der Waals surface area (Å²) >= 11 is 6.71. The minimum absolute atomic E-state index is 0.0235. The maximum absolute atomic E-state index is 12.6. The van der Waals surface area contributed by atoms with E-state index in [0.717, 1.165) is 5.56 Å². The molecule has 154 valence electrons. The predicted octanol–water partition coefficient (Wildman–Crippen LogP) is 3.35. The van der Waals surface area contributed by atoms with E-state index < -0.39 is 10.8 Å². The second-order valence-electron chi connectivity index (χ2n) is 6.24. The summed E-state index contributed by atoms with van der Waals surface area (Å²) in [6.45, 7) is 3.27. The number of rotatable bonds is 6. The van der Waals surface area contributed by atoms with Crippen LogP contribution < -0.4 is 10.7 Å². The van der Waals surface area contributed by atoms with Crippen LogP contribution in [-0.2, 0) is 5.75 Å². The summed E-state index contributed by atoms with van der Waals surface area (Å²) in [5.41, 5.74) is 4.33. The number of thioether (sulfide) groups is 1. The van der Waals surface area contributed by atoms with E-state index in [0.29, 0.717) is 16.7 Å². The summed E-state index contributed by atoms with van der Waals surface area (Å²) in [4.78, 5) is 23.1. The number of nitrogens with zero attached hydrogens (tertiary/aromatic N) is 4. The smallest absolute Gasteiger partial charge is 0.273 e. The van der Waals surface area contributed by atoms with Gasteiger partial charge in [0.15, 0.2) is 5.11 Å². The highest BCUT2D eigenvalue weighted by Gasteiger charge is 2.19. The molecule has 11 heteroatoms. The summed E-state index contributed by atoms with van der Waals surface area (Å²) in [5, 5.41) is 22.4. The molecule has 0 atom stereocenters. The van der Waals surface area contributed by atoms with Crippen LogP contribution in [0, 0.1) is 24.0 Å². The molecule has 0 aliphatic carbocycles. The van der Waals surface area contributed by atoms with E-state index in [4.69, 9.17) is 12.2 Å². The van der Waals surface area contributed by atoms with Gasteiger partial charge in [-0.15, -0.1) is 10.2 Å². The van der Waals surface area contributed by atoms with Crippen LogP contribution in [0.2, 0.25) is 0 Å². The largest absolute Gasteiger partial charge is 0.298 e. The Morgan fingerprint density at radius 2 is 1.90 bits per heavy atom. The van der Waals surface area contributed by atoms with Crippen molar-refractivity contribution in [2.24, 2.45) is 0 Å². The number of carbonyl (C=O) groups excluding carboxylic acids is 1. The van der Waals surface area contributed by atoms with Crippen LogP contribution in [0.1, 0.15) is 27.3 Å². The van der Waals surface area contributed by atoms with E-state index in [1.807, 2.05) is 30.3 Å². The number of hydrogen-bond acceptors (Lipinski definition) is 7. The molecule has 1 aromatic heterocycles. The summed E-state index contributed by atoms with van der Waals surface area (Å²) in [6.07, 6.45) is 0. The van der Waals surface area contributed by atoms with Gasteiger partial charge in [0, 0.05) is 22.9 Å². The van der Waals surface area contributed by atoms with Crippen molar-refractivity contribution in [1.29, 1.82) is 0 Å². The lowest BCUT2D eigenvalue weighted by Crippen LogP contribution is -2.38. The Kier molecular flexibility index (Phi) is 6.75. The maximum atomic E-state index is 12.6. The third-order valence-electron chi connectivity index (χ3n) is 4.19. The van der Waals surface area contributed by atoms with Crippen molar-refractivity contribution >= 4 is 40.7 Å². The second kappa shape index (κ2) is 9.46. The maximum Gasteiger partial charge on any atom is 0.273 e. The Hall–Kier alpha value is -3.31. The van der Waals surface area contributed by atoms with Crippen molar-refractivity contribution in [3.05, 3.63) is 81.2 Å². The number of amides is 1. The fraction of sp³-hybridized carbons (Fsp3) is 0.158. The molecule has 3 rings (SSSR count). The van der Waals surface area contributed by atoms with E-state index in [1.165, 1.54) is 36.9 Å². The lowest BCUT2D eigenvalue weighted by Gasteiger charge is -2.13. The molecular weight excluding hydrogens is 424 g/mol. The van der Waals surface area contributed by atoms with Crippen molar-refractivity contribution in [2.45, 2.75) is 24.8 Å². The molecule has 0 aliphatic rings. The van der Waals surface area contributed by atoms with Gasteiger partial charge in [-0.05, 0) is 37.7 Å². The molecule has 0 saturated carbocycles. The Morgan fingerprint density at radius 3 is 2.60 bits per heavy atom. The molecule has 0 bridgehead atoms. The van der Waals surface area contributed by atoms with Crippen molar-refractivity contribution in [3.8, 4) is 0 Å². The van der Waals surface area contributed by atoms with Gasteiger partial charge in [0.05, 0.1) is 4.92 Å². The first kappa shape index (κ1) is 21.4. The zero-order valence-electron chi connectivity index (χ0n) is 16.2. The van der Waals surface area contributed by atoms with Gasteiger partial charge in [-0.1, -0.05) is 48.2 Å². The van der Waals surface area contributed by atoms with Crippen molar-refractivity contribution < 1.29 is 9.72 Å². The predicted molar refractivity (Wildman–Crippen MR) is 118 cm³/mol. The Bertz CT molecular complexity index is 1100. The van der Waals surface area contributed by atoms with Crippen LogP contribution in [0.3, 0.4) is 0 Å². The lowest BCUT2D eigenvalue weighted by molar-refractivity contribution is -0.385. The quantitative estimate of drug-likeness (QED) is 0.258. The fourth-order valence-corrected chi connectivity index (χ4v) is 3.73. The monoisotopic (exact) mass is 442 g/mol. The van der Waals surface area contributed by atoms with Crippen LogP contribution >= 0.6 is 24.0 Å². The van der Waals surface area contributed by atoms with E-state index in [2.05, 4.69) is 20.9 Å². The van der Waals surface area contributed by atoms with Crippen LogP contribution in [0.4, 0.5) is 5.69 Å². The zero-order chi connectivity index (χ0) is 21.7. The summed E-state index contributed by atoms with van der Waals surface area (Å²) in [6, 6.07) is 14.2. The number of hydrogen-bond donors (Lipinski definition) is 2. The number of nitro groups is 1. The third-order valence-corrected chi connectivity index (χ3v) is 5.39. The second-order valence-corrected chi connectivity index (χ2v) is 7.59. The summed E-state index contributed by atoms with van der Waals surface area (Å²) in [7, 11) is 0. The molecule has 0 unspecified atom stereocenters. The van der Waals surface area contributed by atoms with Gasteiger partial charge in [-0.3, -0.25) is 25.7 Å². The fourth-order valence-electron chi connectivity index (χ4n) is 2.65. The number of aromatic nitrogens is 3. The van der Waals surface area contributed by atoms with E-state index >= 15 is 0 Å². The molecule has 1 heterocycles. The molecular formula is C19H18N6O3S2. The van der Waals surface area contributed by atoms with Crippen LogP contribution in [0.5, 0.6) is 0 Å². The molecule has 3 aromatic rings. The van der Waals surface area contributed by atoms with Crippen LogP contribution in [0.15, 0.2) is 53.7 Å². The molecule has 2 aromatic carbocycles. The number of thiocarbonyl (C=S) groups is 1. The lowest BCUT2D eigenvalue weighted by atomic mass is 10.1. The average molecular weight is 443 g/mol. The van der Waals surface area contributed by atoms with Crippen LogP contribution in [0.25, 0.3) is 0 Å². The van der Waals surface area contributed by atoms with E-state index in [1.54, 1.807) is 11.6 Å². The molecule has 30 heavy (non-hydrogen) atoms. The molecule has 0 spiro atoms. The van der Waals surface area contributed by atoms with Crippen LogP contribution in [-0.4, -0.2) is 30.8 Å². The topological polar surface area (TPSA) is 115 Å². The summed E-state index contributed by atoms with van der Waals surface area (Å²) in [5.74, 6) is 0.707. The molecule has 0 saturated heterocycles. The normalized spacial score (nSPS) is 10.5. The summed E-state index contributed by atoms with van der Waals surface area (Å²) < 4.78 is 1.58. The highest BCUT2D eigenvalue weighted by Crippen LogP contribution is 2.22. The standard InChI is InChI=1S/C19H18N6O3S2/c1-12-15(9-6-10-16(12)25(27)28)17(26)20-18(29)23-24-13(2)21-22-19(24)30-11-14-7-4-3-5-8-14/h3-10H,11H2,1-2H3,(H2,20,23,26,29). The van der Waals surface area contributed by atoms with Gasteiger partial charge >= 0.3 is 0 Å². The van der Waals surface area contributed by atoms with Gasteiger partial charge in [0.2, 0.25) is 5.16 Å². The number of carbonyl (C=O) groups is 1. The number of nitrogens with one attached hydrogen (secondary N) is 2. The zero-order valence-corrected chi connectivity index (χ0v) is 17.8. The molecule has 0 radical (unpaired) electrons. The SMILES string of the molecule is Cc1c(C(=O)NC(=S)Nn2c(C)nnc2SCc2ccccc2)cccc1[N+](=O)[O-]. The van der Waals surface area contributed by atoms with Gasteiger partial charge in [0.1, 0.15) is 5.82 Å². The number of benzene rings is 2. The number of nitro benzene ring substituents is 1. The molecule has 0 aliphatic heterocycles. The molecule has 0 fully saturated rings. The first-order valence-electron chi connectivity index (χ1n) is 8.82. The minimum atomic E-state index is -0.544. The van der Waals surface area contributed by atoms with Crippen molar-refractivity contribution in [1.82, 2.24) is 20.2 Å².